The van der Waals surface area contributed by atoms with Gasteiger partial charge in [0.2, 0.25) is 5.91 Å². The van der Waals surface area contributed by atoms with Crippen molar-refractivity contribution in [2.24, 2.45) is 29.1 Å². The molecule has 0 aromatic heterocycles. The van der Waals surface area contributed by atoms with Gasteiger partial charge in [-0.2, -0.15) is 0 Å². The van der Waals surface area contributed by atoms with Gasteiger partial charge >= 0.3 is 0 Å². The number of amides is 1. The highest BCUT2D eigenvalue weighted by Crippen LogP contribution is 2.58. The SMILES string of the molecule is C.CC.CC12C=CC(=O)NC1CCC1C3CCCC3CCC12. The van der Waals surface area contributed by atoms with Crippen molar-refractivity contribution in [3.63, 3.8) is 0 Å². The summed E-state index contributed by atoms with van der Waals surface area (Å²) in [7, 11) is 0. The van der Waals surface area contributed by atoms with E-state index in [4.69, 9.17) is 0 Å². The molecule has 4 rings (SSSR count). The monoisotopic (exact) mass is 305 g/mol. The lowest BCUT2D eigenvalue weighted by Gasteiger charge is -2.56. The minimum absolute atomic E-state index is 0. The van der Waals surface area contributed by atoms with E-state index in [0.29, 0.717) is 6.04 Å². The predicted molar refractivity (Wildman–Crippen MR) is 93.5 cm³/mol. The summed E-state index contributed by atoms with van der Waals surface area (Å²) in [6.07, 6.45) is 13.8. The molecule has 0 aromatic rings. The molecule has 0 saturated heterocycles. The Labute approximate surface area is 137 Å². The Morgan fingerprint density at radius 2 is 1.82 bits per heavy atom. The van der Waals surface area contributed by atoms with Gasteiger partial charge in [0.15, 0.2) is 0 Å². The molecule has 2 heteroatoms. The van der Waals surface area contributed by atoms with E-state index < -0.39 is 0 Å². The first-order valence-corrected chi connectivity index (χ1v) is 9.18. The Bertz CT molecular complexity index is 429. The zero-order valence-electron chi connectivity index (χ0n) is 13.9. The van der Waals surface area contributed by atoms with E-state index in [1.165, 1.54) is 44.9 Å². The van der Waals surface area contributed by atoms with Crippen molar-refractivity contribution in [1.82, 2.24) is 5.32 Å². The first-order chi connectivity index (χ1) is 10.2. The fourth-order valence-electron chi connectivity index (χ4n) is 5.95. The van der Waals surface area contributed by atoms with Crippen LogP contribution in [0.5, 0.6) is 0 Å². The van der Waals surface area contributed by atoms with Gasteiger partial charge in [0, 0.05) is 11.5 Å². The normalized spacial score (nSPS) is 45.2. The summed E-state index contributed by atoms with van der Waals surface area (Å²) in [4.78, 5) is 11.6. The Balaban J connectivity index is 0.000000566. The van der Waals surface area contributed by atoms with Crippen LogP contribution < -0.4 is 5.32 Å². The highest BCUT2D eigenvalue weighted by molar-refractivity contribution is 5.89. The van der Waals surface area contributed by atoms with Crippen molar-refractivity contribution in [1.29, 1.82) is 0 Å². The van der Waals surface area contributed by atoms with Crippen molar-refractivity contribution in [2.45, 2.75) is 79.2 Å². The molecule has 6 unspecified atom stereocenters. The number of fused-ring (bicyclic) bond motifs is 5. The molecule has 0 bridgehead atoms. The molecule has 1 aliphatic heterocycles. The van der Waals surface area contributed by atoms with Gasteiger partial charge in [-0.05, 0) is 61.9 Å². The van der Waals surface area contributed by atoms with Crippen LogP contribution in [0.25, 0.3) is 0 Å². The van der Waals surface area contributed by atoms with Crippen LogP contribution in [-0.4, -0.2) is 11.9 Å². The number of nitrogens with one attached hydrogen (secondary N) is 1. The first kappa shape index (κ1) is 17.6. The van der Waals surface area contributed by atoms with Crippen LogP contribution in [0.1, 0.15) is 73.1 Å². The van der Waals surface area contributed by atoms with E-state index in [2.05, 4.69) is 18.3 Å². The van der Waals surface area contributed by atoms with Crippen molar-refractivity contribution in [3.8, 4) is 0 Å². The second kappa shape index (κ2) is 6.76. The fourth-order valence-corrected chi connectivity index (χ4v) is 5.95. The second-order valence-corrected chi connectivity index (χ2v) is 7.54. The van der Waals surface area contributed by atoms with Gasteiger partial charge in [-0.1, -0.05) is 47.1 Å². The van der Waals surface area contributed by atoms with Gasteiger partial charge in [0.1, 0.15) is 0 Å². The standard InChI is InChI=1S/C17H25NO.C2H6.CH4/c1-17-10-9-16(19)18-15(17)8-6-13-12-4-2-3-11(12)5-7-14(13)17;1-2;/h9-15H,2-8H2,1H3,(H,18,19);1-2H3;1H4. The molecule has 1 amide bonds. The third-order valence-electron chi connectivity index (χ3n) is 6.88. The Kier molecular flexibility index (Phi) is 5.40. The minimum Gasteiger partial charge on any atom is -0.349 e. The highest BCUT2D eigenvalue weighted by Gasteiger charge is 2.53. The van der Waals surface area contributed by atoms with Crippen LogP contribution in [0, 0.1) is 29.1 Å². The van der Waals surface area contributed by atoms with E-state index in [-0.39, 0.29) is 18.7 Å². The molecule has 6 atom stereocenters. The zero-order chi connectivity index (χ0) is 15.0. The average Bonchev–Trinajstić information content (AvgIpc) is 2.99. The van der Waals surface area contributed by atoms with Gasteiger partial charge in [-0.3, -0.25) is 4.79 Å². The average molecular weight is 306 g/mol. The van der Waals surface area contributed by atoms with Crippen molar-refractivity contribution in [2.75, 3.05) is 0 Å². The lowest BCUT2D eigenvalue weighted by atomic mass is 9.51. The zero-order valence-corrected chi connectivity index (χ0v) is 13.9. The number of rotatable bonds is 0. The molecule has 3 aliphatic carbocycles. The number of hydrogen-bond acceptors (Lipinski definition) is 1. The lowest BCUT2D eigenvalue weighted by Crippen LogP contribution is -2.58. The Hall–Kier alpha value is -0.790. The summed E-state index contributed by atoms with van der Waals surface area (Å²) >= 11 is 0. The van der Waals surface area contributed by atoms with E-state index in [1.54, 1.807) is 6.08 Å². The molecule has 0 aromatic carbocycles. The van der Waals surface area contributed by atoms with Gasteiger partial charge in [-0.25, -0.2) is 0 Å². The molecule has 3 saturated carbocycles. The number of carbonyl (C=O) groups excluding carboxylic acids is 1. The van der Waals surface area contributed by atoms with Gasteiger partial charge in [-0.15, -0.1) is 0 Å². The minimum atomic E-state index is 0. The highest BCUT2D eigenvalue weighted by atomic mass is 16.1. The van der Waals surface area contributed by atoms with Crippen LogP contribution in [-0.2, 0) is 4.79 Å². The van der Waals surface area contributed by atoms with Crippen LogP contribution in [0.4, 0.5) is 0 Å². The molecule has 1 heterocycles. The van der Waals surface area contributed by atoms with Crippen molar-refractivity contribution in [3.05, 3.63) is 12.2 Å². The Morgan fingerprint density at radius 3 is 2.59 bits per heavy atom. The largest absolute Gasteiger partial charge is 0.349 e. The van der Waals surface area contributed by atoms with Gasteiger partial charge < -0.3 is 5.32 Å². The molecule has 0 spiro atoms. The molecule has 4 aliphatic rings. The smallest absolute Gasteiger partial charge is 0.243 e. The topological polar surface area (TPSA) is 29.1 Å². The molecule has 22 heavy (non-hydrogen) atoms. The maximum Gasteiger partial charge on any atom is 0.243 e. The molecule has 1 N–H and O–H groups in total. The summed E-state index contributed by atoms with van der Waals surface area (Å²) < 4.78 is 0. The summed E-state index contributed by atoms with van der Waals surface area (Å²) in [5.74, 6) is 3.89. The van der Waals surface area contributed by atoms with E-state index in [9.17, 15) is 4.79 Å². The maximum atomic E-state index is 11.6. The molecule has 2 nitrogen and oxygen atoms in total. The quantitative estimate of drug-likeness (QED) is 0.674. The van der Waals surface area contributed by atoms with Crippen LogP contribution in [0.3, 0.4) is 0 Å². The molecular weight excluding hydrogens is 270 g/mol. The fraction of sp³-hybridized carbons (Fsp3) is 0.850. The third-order valence-corrected chi connectivity index (χ3v) is 6.88. The van der Waals surface area contributed by atoms with E-state index >= 15 is 0 Å². The van der Waals surface area contributed by atoms with Crippen LogP contribution in [0.15, 0.2) is 12.2 Å². The third kappa shape index (κ3) is 2.63. The van der Waals surface area contributed by atoms with Crippen LogP contribution in [0.2, 0.25) is 0 Å². The predicted octanol–water partition coefficient (Wildman–Crippen LogP) is 4.95. The summed E-state index contributed by atoms with van der Waals surface area (Å²) in [5, 5.41) is 3.23. The maximum absolute atomic E-state index is 11.6. The summed E-state index contributed by atoms with van der Waals surface area (Å²) in [5.41, 5.74) is 0.227. The van der Waals surface area contributed by atoms with E-state index in [0.717, 1.165) is 23.7 Å². The first-order valence-electron chi connectivity index (χ1n) is 9.18. The molecule has 126 valence electrons. The summed E-state index contributed by atoms with van der Waals surface area (Å²) in [6, 6.07) is 0.393. The summed E-state index contributed by atoms with van der Waals surface area (Å²) in [6.45, 7) is 6.40. The van der Waals surface area contributed by atoms with Gasteiger partial charge in [0.05, 0.1) is 0 Å². The van der Waals surface area contributed by atoms with Crippen molar-refractivity contribution < 1.29 is 4.79 Å². The Morgan fingerprint density at radius 1 is 1.05 bits per heavy atom. The van der Waals surface area contributed by atoms with E-state index in [1.807, 2.05) is 13.8 Å². The number of carbonyl (C=O) groups is 1. The van der Waals surface area contributed by atoms with Crippen molar-refractivity contribution >= 4 is 5.91 Å². The molecule has 0 radical (unpaired) electrons. The van der Waals surface area contributed by atoms with Crippen LogP contribution >= 0.6 is 0 Å². The number of hydrogen-bond donors (Lipinski definition) is 1. The lowest BCUT2D eigenvalue weighted by molar-refractivity contribution is -0.121. The second-order valence-electron chi connectivity index (χ2n) is 7.54. The molecular formula is C20H35NO. The molecule has 3 fully saturated rings. The van der Waals surface area contributed by atoms with Gasteiger partial charge in [0.25, 0.3) is 0 Å².